The highest BCUT2D eigenvalue weighted by Crippen LogP contribution is 2.19. The van der Waals surface area contributed by atoms with E-state index in [1.807, 2.05) is 36.3 Å². The average molecular weight is 203 g/mol. The van der Waals surface area contributed by atoms with Crippen LogP contribution in [0, 0.1) is 12.3 Å². The number of aliphatic hydroxyl groups excluding tert-OH is 1. The standard InChI is InChI=1S/C12H13NO2/c1-3-11(15)13-12(2,9-14)10-7-5-4-6-8-10/h1,4-8,14H,9H2,2H3,(H,13,15). The summed E-state index contributed by atoms with van der Waals surface area (Å²) in [6, 6.07) is 9.20. The second-order valence-corrected chi connectivity index (χ2v) is 3.45. The Labute approximate surface area is 89.1 Å². The van der Waals surface area contributed by atoms with E-state index < -0.39 is 11.4 Å². The summed E-state index contributed by atoms with van der Waals surface area (Å²) in [7, 11) is 0. The highest BCUT2D eigenvalue weighted by molar-refractivity contribution is 5.93. The Balaban J connectivity index is 2.96. The highest BCUT2D eigenvalue weighted by Gasteiger charge is 2.26. The molecule has 2 N–H and O–H groups in total. The predicted octanol–water partition coefficient (Wildman–Crippen LogP) is 0.643. The van der Waals surface area contributed by atoms with Crippen LogP contribution in [0.1, 0.15) is 12.5 Å². The van der Waals surface area contributed by atoms with Crippen LogP contribution in [0.25, 0.3) is 0 Å². The maximum Gasteiger partial charge on any atom is 0.296 e. The van der Waals surface area contributed by atoms with Crippen molar-refractivity contribution >= 4 is 5.91 Å². The van der Waals surface area contributed by atoms with E-state index in [-0.39, 0.29) is 6.61 Å². The van der Waals surface area contributed by atoms with Crippen LogP contribution in [-0.4, -0.2) is 17.6 Å². The molecule has 0 fully saturated rings. The first kappa shape index (κ1) is 11.3. The minimum absolute atomic E-state index is 0.204. The van der Waals surface area contributed by atoms with Crippen LogP contribution in [0.3, 0.4) is 0 Å². The minimum atomic E-state index is -0.829. The van der Waals surface area contributed by atoms with Crippen molar-refractivity contribution < 1.29 is 9.90 Å². The first-order valence-electron chi connectivity index (χ1n) is 4.57. The Morgan fingerprint density at radius 2 is 2.13 bits per heavy atom. The summed E-state index contributed by atoms with van der Waals surface area (Å²) in [6.45, 7) is 1.52. The monoisotopic (exact) mass is 203 g/mol. The Morgan fingerprint density at radius 3 is 2.60 bits per heavy atom. The molecule has 1 atom stereocenters. The zero-order valence-electron chi connectivity index (χ0n) is 8.53. The molecule has 15 heavy (non-hydrogen) atoms. The smallest absolute Gasteiger partial charge is 0.296 e. The van der Waals surface area contributed by atoms with Gasteiger partial charge in [0.25, 0.3) is 5.91 Å². The molecule has 0 aromatic heterocycles. The lowest BCUT2D eigenvalue weighted by atomic mass is 9.93. The zero-order valence-corrected chi connectivity index (χ0v) is 8.53. The molecular weight excluding hydrogens is 190 g/mol. The Hall–Kier alpha value is -1.79. The van der Waals surface area contributed by atoms with E-state index in [0.29, 0.717) is 0 Å². The third kappa shape index (κ3) is 2.58. The van der Waals surface area contributed by atoms with Gasteiger partial charge in [0.2, 0.25) is 0 Å². The molecule has 0 aliphatic heterocycles. The number of rotatable bonds is 3. The topological polar surface area (TPSA) is 49.3 Å². The number of carbonyl (C=O) groups is 1. The maximum absolute atomic E-state index is 11.1. The number of benzene rings is 1. The van der Waals surface area contributed by atoms with Crippen LogP contribution in [0.15, 0.2) is 30.3 Å². The van der Waals surface area contributed by atoms with Crippen LogP contribution in [0.2, 0.25) is 0 Å². The fraction of sp³-hybridized carbons (Fsp3) is 0.250. The van der Waals surface area contributed by atoms with E-state index in [0.717, 1.165) is 5.56 Å². The molecule has 78 valence electrons. The minimum Gasteiger partial charge on any atom is -0.394 e. The van der Waals surface area contributed by atoms with Gasteiger partial charge in [-0.1, -0.05) is 30.3 Å². The number of terminal acetylenes is 1. The van der Waals surface area contributed by atoms with Crippen LogP contribution >= 0.6 is 0 Å². The van der Waals surface area contributed by atoms with Gasteiger partial charge in [-0.05, 0) is 18.4 Å². The van der Waals surface area contributed by atoms with Crippen molar-refractivity contribution in [2.75, 3.05) is 6.61 Å². The Bertz CT molecular complexity index is 380. The summed E-state index contributed by atoms with van der Waals surface area (Å²) in [4.78, 5) is 11.1. The zero-order chi connectivity index (χ0) is 11.3. The molecule has 1 unspecified atom stereocenters. The molecule has 1 rings (SSSR count). The van der Waals surface area contributed by atoms with Gasteiger partial charge in [-0.3, -0.25) is 4.79 Å². The Kier molecular flexibility index (Phi) is 3.48. The summed E-state index contributed by atoms with van der Waals surface area (Å²) < 4.78 is 0. The van der Waals surface area contributed by atoms with Crippen molar-refractivity contribution in [1.82, 2.24) is 5.32 Å². The molecule has 1 amide bonds. The van der Waals surface area contributed by atoms with Crippen LogP contribution in [0.5, 0.6) is 0 Å². The number of nitrogens with one attached hydrogen (secondary N) is 1. The van der Waals surface area contributed by atoms with Crippen molar-refractivity contribution in [2.45, 2.75) is 12.5 Å². The van der Waals surface area contributed by atoms with Gasteiger partial charge in [-0.2, -0.15) is 0 Å². The quantitative estimate of drug-likeness (QED) is 0.708. The largest absolute Gasteiger partial charge is 0.394 e. The van der Waals surface area contributed by atoms with Gasteiger partial charge in [-0.25, -0.2) is 0 Å². The Morgan fingerprint density at radius 1 is 1.53 bits per heavy atom. The SMILES string of the molecule is C#CC(=O)NC(C)(CO)c1ccccc1. The number of hydrogen-bond donors (Lipinski definition) is 2. The highest BCUT2D eigenvalue weighted by atomic mass is 16.3. The number of hydrogen-bond acceptors (Lipinski definition) is 2. The van der Waals surface area contributed by atoms with E-state index in [2.05, 4.69) is 5.32 Å². The molecule has 0 spiro atoms. The molecule has 0 heterocycles. The molecule has 1 aromatic carbocycles. The predicted molar refractivity (Wildman–Crippen MR) is 57.9 cm³/mol. The lowest BCUT2D eigenvalue weighted by molar-refractivity contribution is -0.118. The second-order valence-electron chi connectivity index (χ2n) is 3.45. The summed E-state index contributed by atoms with van der Waals surface area (Å²) >= 11 is 0. The summed E-state index contributed by atoms with van der Waals surface area (Å²) in [5.41, 5.74) is -0.0128. The number of amides is 1. The molecule has 0 radical (unpaired) electrons. The van der Waals surface area contributed by atoms with Gasteiger partial charge >= 0.3 is 0 Å². The molecule has 0 saturated carbocycles. The van der Waals surface area contributed by atoms with Crippen LogP contribution in [0.4, 0.5) is 0 Å². The van der Waals surface area contributed by atoms with Gasteiger partial charge in [0.05, 0.1) is 12.1 Å². The number of aliphatic hydroxyl groups is 1. The van der Waals surface area contributed by atoms with Crippen LogP contribution < -0.4 is 5.32 Å². The van der Waals surface area contributed by atoms with Crippen molar-refractivity contribution in [3.05, 3.63) is 35.9 Å². The molecular formula is C12H13NO2. The van der Waals surface area contributed by atoms with Crippen molar-refractivity contribution in [2.24, 2.45) is 0 Å². The van der Waals surface area contributed by atoms with Crippen LogP contribution in [-0.2, 0) is 10.3 Å². The van der Waals surface area contributed by atoms with E-state index in [1.54, 1.807) is 6.92 Å². The third-order valence-corrected chi connectivity index (χ3v) is 2.25. The molecule has 1 aromatic rings. The maximum atomic E-state index is 11.1. The second kappa shape index (κ2) is 4.63. The molecule has 0 aliphatic rings. The lowest BCUT2D eigenvalue weighted by Gasteiger charge is -2.28. The fourth-order valence-corrected chi connectivity index (χ4v) is 1.30. The first-order chi connectivity index (χ1) is 7.12. The number of carbonyl (C=O) groups excluding carboxylic acids is 1. The van der Waals surface area contributed by atoms with E-state index >= 15 is 0 Å². The molecule has 0 bridgehead atoms. The van der Waals surface area contributed by atoms with Gasteiger partial charge in [0.15, 0.2) is 0 Å². The average Bonchev–Trinajstić information content (AvgIpc) is 2.30. The molecule has 3 heteroatoms. The molecule has 3 nitrogen and oxygen atoms in total. The third-order valence-electron chi connectivity index (χ3n) is 2.25. The van der Waals surface area contributed by atoms with Gasteiger partial charge in [0.1, 0.15) is 0 Å². The molecule has 0 aliphatic carbocycles. The van der Waals surface area contributed by atoms with Gasteiger partial charge in [-0.15, -0.1) is 6.42 Å². The summed E-state index contributed by atoms with van der Waals surface area (Å²) in [5, 5.41) is 11.9. The summed E-state index contributed by atoms with van der Waals surface area (Å²) in [6.07, 6.45) is 4.97. The normalized spacial score (nSPS) is 13.7. The van der Waals surface area contributed by atoms with Gasteiger partial charge in [0, 0.05) is 0 Å². The van der Waals surface area contributed by atoms with E-state index in [1.165, 1.54) is 0 Å². The van der Waals surface area contributed by atoms with E-state index in [4.69, 9.17) is 6.42 Å². The molecule has 0 saturated heterocycles. The van der Waals surface area contributed by atoms with Gasteiger partial charge < -0.3 is 10.4 Å². The first-order valence-corrected chi connectivity index (χ1v) is 4.57. The summed E-state index contributed by atoms with van der Waals surface area (Å²) in [5.74, 6) is 1.43. The van der Waals surface area contributed by atoms with Crippen molar-refractivity contribution in [3.8, 4) is 12.3 Å². The lowest BCUT2D eigenvalue weighted by Crippen LogP contribution is -2.45. The van der Waals surface area contributed by atoms with Crippen molar-refractivity contribution in [3.63, 3.8) is 0 Å². The van der Waals surface area contributed by atoms with Crippen molar-refractivity contribution in [1.29, 1.82) is 0 Å². The van der Waals surface area contributed by atoms with E-state index in [9.17, 15) is 9.90 Å². The fourth-order valence-electron chi connectivity index (χ4n) is 1.30.